The number of allylic oxidation sites excluding steroid dienone is 1. The highest BCUT2D eigenvalue weighted by Gasteiger charge is 2.30. The normalized spacial score (nSPS) is 27.3. The maximum absolute atomic E-state index is 5.74. The molecule has 0 unspecified atom stereocenters. The summed E-state index contributed by atoms with van der Waals surface area (Å²) in [5, 5.41) is 0. The lowest BCUT2D eigenvalue weighted by atomic mass is 9.68. The Hall–Kier alpha value is -1.44. The highest BCUT2D eigenvalue weighted by Crippen LogP contribution is 2.43. The summed E-state index contributed by atoms with van der Waals surface area (Å²) >= 11 is 0. The van der Waals surface area contributed by atoms with Gasteiger partial charge in [-0.25, -0.2) is 0 Å². The zero-order valence-corrected chi connectivity index (χ0v) is 19.9. The van der Waals surface area contributed by atoms with E-state index in [4.69, 9.17) is 9.47 Å². The molecule has 2 heteroatoms. The van der Waals surface area contributed by atoms with E-state index in [9.17, 15) is 0 Å². The number of benzene rings is 1. The number of hydrogen-bond donors (Lipinski definition) is 0. The molecule has 2 fully saturated rings. The lowest BCUT2D eigenvalue weighted by Crippen LogP contribution is -2.25. The molecule has 3 rings (SSSR count). The van der Waals surface area contributed by atoms with Crippen LogP contribution in [0.15, 0.2) is 18.2 Å². The van der Waals surface area contributed by atoms with Crippen molar-refractivity contribution < 1.29 is 9.47 Å². The van der Waals surface area contributed by atoms with E-state index in [1.807, 2.05) is 0 Å². The number of aryl methyl sites for hydroxylation is 1. The Morgan fingerprint density at radius 3 is 2.00 bits per heavy atom. The highest BCUT2D eigenvalue weighted by atomic mass is 16.5. The monoisotopic (exact) mass is 412 g/mol. The third-order valence-electron chi connectivity index (χ3n) is 7.77. The second kappa shape index (κ2) is 11.8. The summed E-state index contributed by atoms with van der Waals surface area (Å²) < 4.78 is 11.4. The molecule has 0 saturated heterocycles. The maximum atomic E-state index is 5.74. The van der Waals surface area contributed by atoms with Crippen LogP contribution in [0.3, 0.4) is 0 Å². The molecule has 0 atom stereocenters. The van der Waals surface area contributed by atoms with Crippen molar-refractivity contribution in [3.8, 4) is 11.5 Å². The van der Waals surface area contributed by atoms with Gasteiger partial charge >= 0.3 is 0 Å². The molecule has 0 spiro atoms. The van der Waals surface area contributed by atoms with Gasteiger partial charge in [-0.3, -0.25) is 0 Å². The Morgan fingerprint density at radius 2 is 1.43 bits per heavy atom. The number of rotatable bonds is 9. The first-order chi connectivity index (χ1) is 14.7. The minimum Gasteiger partial charge on any atom is -0.493 e. The smallest absolute Gasteiger partial charge is 0.168 e. The predicted octanol–water partition coefficient (Wildman–Crippen LogP) is 8.08. The molecule has 2 aliphatic carbocycles. The fourth-order valence-electron chi connectivity index (χ4n) is 6.06. The van der Waals surface area contributed by atoms with Crippen molar-refractivity contribution >= 4 is 6.08 Å². The third kappa shape index (κ3) is 5.83. The molecule has 0 N–H and O–H groups in total. The fraction of sp³-hybridized carbons (Fsp3) is 0.714. The summed E-state index contributed by atoms with van der Waals surface area (Å²) in [4.78, 5) is 0. The number of ether oxygens (including phenoxy) is 2. The van der Waals surface area contributed by atoms with Crippen LogP contribution >= 0.6 is 0 Å². The SMILES string of the molecule is CCCc1ccc(/C=C/C2CCC(C3CCC(CCC)CC3)CC2)c(OC)c1OC. The molecule has 1 aromatic rings. The van der Waals surface area contributed by atoms with Gasteiger partial charge in [0, 0.05) is 5.56 Å². The minimum atomic E-state index is 0.712. The maximum Gasteiger partial charge on any atom is 0.168 e. The zero-order valence-electron chi connectivity index (χ0n) is 19.9. The molecule has 2 saturated carbocycles. The van der Waals surface area contributed by atoms with Gasteiger partial charge in [0.15, 0.2) is 11.5 Å². The van der Waals surface area contributed by atoms with Crippen LogP contribution in [-0.2, 0) is 6.42 Å². The van der Waals surface area contributed by atoms with E-state index in [-0.39, 0.29) is 0 Å². The molecule has 2 nitrogen and oxygen atoms in total. The van der Waals surface area contributed by atoms with Crippen molar-refractivity contribution in [3.05, 3.63) is 29.3 Å². The molecule has 168 valence electrons. The predicted molar refractivity (Wildman–Crippen MR) is 128 cm³/mol. The average molecular weight is 413 g/mol. The van der Waals surface area contributed by atoms with Crippen LogP contribution < -0.4 is 9.47 Å². The van der Waals surface area contributed by atoms with Gasteiger partial charge in [0.25, 0.3) is 0 Å². The van der Waals surface area contributed by atoms with Crippen LogP contribution in [0.1, 0.15) is 95.6 Å². The molecule has 0 amide bonds. The Morgan fingerprint density at radius 1 is 0.800 bits per heavy atom. The molecule has 0 bridgehead atoms. The summed E-state index contributed by atoms with van der Waals surface area (Å²) in [5.41, 5.74) is 2.38. The summed E-state index contributed by atoms with van der Waals surface area (Å²) in [5.74, 6) is 5.53. The highest BCUT2D eigenvalue weighted by molar-refractivity contribution is 5.64. The molecule has 0 aromatic heterocycles. The van der Waals surface area contributed by atoms with Crippen molar-refractivity contribution in [1.82, 2.24) is 0 Å². The Balaban J connectivity index is 1.55. The number of hydrogen-bond acceptors (Lipinski definition) is 2. The first-order valence-electron chi connectivity index (χ1n) is 12.6. The lowest BCUT2D eigenvalue weighted by molar-refractivity contribution is 0.152. The molecule has 1 aromatic carbocycles. The van der Waals surface area contributed by atoms with E-state index >= 15 is 0 Å². The van der Waals surface area contributed by atoms with E-state index in [0.29, 0.717) is 5.92 Å². The van der Waals surface area contributed by atoms with Gasteiger partial charge in [0.2, 0.25) is 0 Å². The Bertz CT molecular complexity index is 661. The van der Waals surface area contributed by atoms with Crippen LogP contribution in [0.5, 0.6) is 11.5 Å². The standard InChI is InChI=1S/C28H44O2/c1-5-7-21-9-14-23(15-10-21)24-16-11-22(12-17-24)13-18-26-20-19-25(8-6-2)27(29-3)28(26)30-4/h13,18-24H,5-12,14-17H2,1-4H3/b18-13+. The number of methoxy groups -OCH3 is 2. The molecule has 2 aliphatic rings. The Labute approximate surface area is 185 Å². The van der Waals surface area contributed by atoms with Crippen molar-refractivity contribution in [2.45, 2.75) is 90.9 Å². The third-order valence-corrected chi connectivity index (χ3v) is 7.77. The van der Waals surface area contributed by atoms with Gasteiger partial charge in [-0.15, -0.1) is 0 Å². The fourth-order valence-corrected chi connectivity index (χ4v) is 6.06. The Kier molecular flexibility index (Phi) is 9.15. The van der Waals surface area contributed by atoms with Gasteiger partial charge in [0.1, 0.15) is 0 Å². The summed E-state index contributed by atoms with van der Waals surface area (Å²) in [7, 11) is 3.51. The minimum absolute atomic E-state index is 0.712. The molecular formula is C28H44O2. The van der Waals surface area contributed by atoms with Gasteiger partial charge in [-0.05, 0) is 74.2 Å². The average Bonchev–Trinajstić information content (AvgIpc) is 2.79. The zero-order chi connectivity index (χ0) is 21.3. The van der Waals surface area contributed by atoms with Crippen LogP contribution in [0.25, 0.3) is 6.08 Å². The van der Waals surface area contributed by atoms with Crippen molar-refractivity contribution in [3.63, 3.8) is 0 Å². The van der Waals surface area contributed by atoms with Gasteiger partial charge in [-0.1, -0.05) is 70.2 Å². The van der Waals surface area contributed by atoms with Crippen LogP contribution in [-0.4, -0.2) is 14.2 Å². The van der Waals surface area contributed by atoms with Crippen LogP contribution in [0.4, 0.5) is 0 Å². The summed E-state index contributed by atoms with van der Waals surface area (Å²) in [6.07, 6.45) is 21.2. The van der Waals surface area contributed by atoms with E-state index in [1.54, 1.807) is 14.2 Å². The molecule has 30 heavy (non-hydrogen) atoms. The second-order valence-corrected chi connectivity index (χ2v) is 9.73. The lowest BCUT2D eigenvalue weighted by Gasteiger charge is -2.37. The van der Waals surface area contributed by atoms with E-state index < -0.39 is 0 Å². The van der Waals surface area contributed by atoms with Crippen LogP contribution in [0, 0.1) is 23.7 Å². The van der Waals surface area contributed by atoms with Crippen LogP contribution in [0.2, 0.25) is 0 Å². The van der Waals surface area contributed by atoms with Gasteiger partial charge in [0.05, 0.1) is 14.2 Å². The van der Waals surface area contributed by atoms with E-state index in [2.05, 4.69) is 38.1 Å². The van der Waals surface area contributed by atoms with Gasteiger partial charge in [-0.2, -0.15) is 0 Å². The summed E-state index contributed by atoms with van der Waals surface area (Å²) in [6, 6.07) is 4.40. The van der Waals surface area contributed by atoms with E-state index in [0.717, 1.165) is 47.7 Å². The van der Waals surface area contributed by atoms with Crippen molar-refractivity contribution in [1.29, 1.82) is 0 Å². The largest absolute Gasteiger partial charge is 0.493 e. The first kappa shape index (κ1) is 23.2. The summed E-state index contributed by atoms with van der Waals surface area (Å²) in [6.45, 7) is 4.54. The van der Waals surface area contributed by atoms with Gasteiger partial charge < -0.3 is 9.47 Å². The molecule has 0 heterocycles. The molecular weight excluding hydrogens is 368 g/mol. The molecule has 0 radical (unpaired) electrons. The molecule has 0 aliphatic heterocycles. The van der Waals surface area contributed by atoms with Crippen molar-refractivity contribution in [2.24, 2.45) is 23.7 Å². The first-order valence-corrected chi connectivity index (χ1v) is 12.6. The second-order valence-electron chi connectivity index (χ2n) is 9.73. The quantitative estimate of drug-likeness (QED) is 0.408. The van der Waals surface area contributed by atoms with E-state index in [1.165, 1.54) is 69.8 Å². The topological polar surface area (TPSA) is 18.5 Å². The van der Waals surface area contributed by atoms with Crippen molar-refractivity contribution in [2.75, 3.05) is 14.2 Å².